The van der Waals surface area contributed by atoms with Crippen molar-refractivity contribution in [1.82, 2.24) is 0 Å². The molecule has 4 nitrogen and oxygen atoms in total. The summed E-state index contributed by atoms with van der Waals surface area (Å²) in [5, 5.41) is 11.2. The van der Waals surface area contributed by atoms with Crippen molar-refractivity contribution in [3.8, 4) is 0 Å². The zero-order valence-electron chi connectivity index (χ0n) is 13.5. The lowest BCUT2D eigenvalue weighted by Crippen LogP contribution is -2.28. The Morgan fingerprint density at radius 3 is 2.20 bits per heavy atom. The van der Waals surface area contributed by atoms with Crippen LogP contribution in [0.25, 0.3) is 5.76 Å². The van der Waals surface area contributed by atoms with Gasteiger partial charge in [0.15, 0.2) is 0 Å². The molecule has 126 valence electrons. The quantitative estimate of drug-likeness (QED) is 0.838. The molecule has 2 aromatic rings. The van der Waals surface area contributed by atoms with Crippen LogP contribution >= 0.6 is 11.6 Å². The van der Waals surface area contributed by atoms with Gasteiger partial charge in [0.05, 0.1) is 5.57 Å². The van der Waals surface area contributed by atoms with E-state index < -0.39 is 17.5 Å². The number of ketones is 3. The van der Waals surface area contributed by atoms with Gasteiger partial charge in [-0.3, -0.25) is 14.4 Å². The molecule has 0 saturated heterocycles. The topological polar surface area (TPSA) is 71.4 Å². The molecule has 0 saturated carbocycles. The van der Waals surface area contributed by atoms with Crippen LogP contribution in [0.3, 0.4) is 0 Å². The highest BCUT2D eigenvalue weighted by Gasteiger charge is 2.37. The fourth-order valence-electron chi connectivity index (χ4n) is 3.08. The van der Waals surface area contributed by atoms with Crippen LogP contribution in [0.1, 0.15) is 40.7 Å². The Kier molecular flexibility index (Phi) is 4.55. The van der Waals surface area contributed by atoms with Crippen LogP contribution in [0.5, 0.6) is 0 Å². The maximum Gasteiger partial charge on any atom is 0.234 e. The van der Waals surface area contributed by atoms with Crippen molar-refractivity contribution in [3.05, 3.63) is 75.8 Å². The molecule has 3 rings (SSSR count). The summed E-state index contributed by atoms with van der Waals surface area (Å²) in [4.78, 5) is 36.9. The summed E-state index contributed by atoms with van der Waals surface area (Å²) in [6.45, 7) is 1.41. The fourth-order valence-corrected chi connectivity index (χ4v) is 3.20. The smallest absolute Gasteiger partial charge is 0.234 e. The Morgan fingerprint density at radius 2 is 1.60 bits per heavy atom. The number of aliphatic hydroxyl groups is 1. The van der Waals surface area contributed by atoms with E-state index in [9.17, 15) is 19.5 Å². The number of Topliss-reactive ketones (excluding diaryl/α,β-unsaturated/α-hetero) is 3. The monoisotopic (exact) mass is 354 g/mol. The molecular weight excluding hydrogens is 340 g/mol. The van der Waals surface area contributed by atoms with Gasteiger partial charge >= 0.3 is 0 Å². The standard InChI is InChI=1S/C20H15ClO4/c1-11(22)10-16(12-6-8-13(21)9-7-12)17-18(23)14-4-2-3-5-15(14)19(24)20(17)25/h2-9,16,23H,10H2,1H3/t16-/m0/s1. The van der Waals surface area contributed by atoms with Crippen molar-refractivity contribution in [2.75, 3.05) is 0 Å². The molecule has 0 fully saturated rings. The fraction of sp³-hybridized carbons (Fsp3) is 0.150. The second-order valence-corrected chi connectivity index (χ2v) is 6.41. The summed E-state index contributed by atoms with van der Waals surface area (Å²) in [6, 6.07) is 13.1. The Hall–Kier alpha value is -2.72. The molecular formula is C20H15ClO4. The molecule has 1 aliphatic carbocycles. The third kappa shape index (κ3) is 3.13. The van der Waals surface area contributed by atoms with Crippen LogP contribution in [-0.2, 0) is 9.59 Å². The first-order chi connectivity index (χ1) is 11.9. The Balaban J connectivity index is 2.20. The maximum atomic E-state index is 12.7. The molecule has 0 amide bonds. The second-order valence-electron chi connectivity index (χ2n) is 5.98. The summed E-state index contributed by atoms with van der Waals surface area (Å²) in [7, 11) is 0. The first-order valence-corrected chi connectivity index (χ1v) is 8.14. The van der Waals surface area contributed by atoms with Crippen LogP contribution in [0.4, 0.5) is 0 Å². The van der Waals surface area contributed by atoms with Crippen molar-refractivity contribution in [1.29, 1.82) is 0 Å². The van der Waals surface area contributed by atoms with E-state index in [1.807, 2.05) is 0 Å². The Morgan fingerprint density at radius 1 is 1.00 bits per heavy atom. The molecule has 2 aromatic carbocycles. The average molecular weight is 355 g/mol. The van der Waals surface area contributed by atoms with Crippen molar-refractivity contribution in [2.45, 2.75) is 19.3 Å². The number of carbonyl (C=O) groups is 3. The lowest BCUT2D eigenvalue weighted by Gasteiger charge is -2.24. The molecule has 0 spiro atoms. The van der Waals surface area contributed by atoms with Crippen molar-refractivity contribution in [2.24, 2.45) is 0 Å². The van der Waals surface area contributed by atoms with Gasteiger partial charge in [-0.05, 0) is 24.6 Å². The third-order valence-electron chi connectivity index (χ3n) is 4.25. The number of rotatable bonds is 4. The number of benzene rings is 2. The highest BCUT2D eigenvalue weighted by molar-refractivity contribution is 6.52. The summed E-state index contributed by atoms with van der Waals surface area (Å²) in [5.74, 6) is -2.57. The van der Waals surface area contributed by atoms with Crippen LogP contribution in [0.15, 0.2) is 54.1 Å². The van der Waals surface area contributed by atoms with Gasteiger partial charge in [0, 0.05) is 28.5 Å². The molecule has 1 atom stereocenters. The molecule has 0 bridgehead atoms. The first-order valence-electron chi connectivity index (χ1n) is 7.76. The largest absolute Gasteiger partial charge is 0.507 e. The van der Waals surface area contributed by atoms with Crippen LogP contribution in [0, 0.1) is 0 Å². The molecule has 0 unspecified atom stereocenters. The molecule has 0 aromatic heterocycles. The summed E-state index contributed by atoms with van der Waals surface area (Å²) < 4.78 is 0. The van der Waals surface area contributed by atoms with Gasteiger partial charge in [-0.2, -0.15) is 0 Å². The minimum Gasteiger partial charge on any atom is -0.507 e. The van der Waals surface area contributed by atoms with E-state index in [0.29, 0.717) is 16.1 Å². The van der Waals surface area contributed by atoms with Gasteiger partial charge in [0.25, 0.3) is 0 Å². The number of aliphatic hydroxyl groups excluding tert-OH is 1. The van der Waals surface area contributed by atoms with Gasteiger partial charge in [-0.15, -0.1) is 0 Å². The first kappa shape index (κ1) is 17.1. The van der Waals surface area contributed by atoms with E-state index in [1.54, 1.807) is 42.5 Å². The molecule has 0 heterocycles. The van der Waals surface area contributed by atoms with Crippen LogP contribution in [0.2, 0.25) is 5.02 Å². The van der Waals surface area contributed by atoms with Crippen LogP contribution in [-0.4, -0.2) is 22.5 Å². The van der Waals surface area contributed by atoms with E-state index >= 15 is 0 Å². The van der Waals surface area contributed by atoms with Crippen LogP contribution < -0.4 is 0 Å². The zero-order valence-corrected chi connectivity index (χ0v) is 14.2. The average Bonchev–Trinajstić information content (AvgIpc) is 2.59. The number of allylic oxidation sites excluding steroid dienone is 1. The van der Waals surface area contributed by atoms with E-state index in [0.717, 1.165) is 0 Å². The van der Waals surface area contributed by atoms with Gasteiger partial charge in [-0.25, -0.2) is 0 Å². The lowest BCUT2D eigenvalue weighted by molar-refractivity contribution is -0.117. The van der Waals surface area contributed by atoms with E-state index in [1.165, 1.54) is 13.0 Å². The van der Waals surface area contributed by atoms with E-state index in [2.05, 4.69) is 0 Å². The number of carbonyl (C=O) groups excluding carboxylic acids is 3. The second kappa shape index (κ2) is 6.65. The predicted octanol–water partition coefficient (Wildman–Crippen LogP) is 4.14. The minimum absolute atomic E-state index is 0.00220. The van der Waals surface area contributed by atoms with E-state index in [-0.39, 0.29) is 29.1 Å². The third-order valence-corrected chi connectivity index (χ3v) is 4.50. The Labute approximate surface area is 149 Å². The van der Waals surface area contributed by atoms with Crippen molar-refractivity contribution in [3.63, 3.8) is 0 Å². The van der Waals surface area contributed by atoms with Gasteiger partial charge in [0.1, 0.15) is 11.5 Å². The SMILES string of the molecule is CC(=O)C[C@H](C1=C(O)c2ccccc2C(=O)C1=O)c1ccc(Cl)cc1. The van der Waals surface area contributed by atoms with Gasteiger partial charge < -0.3 is 5.11 Å². The lowest BCUT2D eigenvalue weighted by atomic mass is 9.78. The summed E-state index contributed by atoms with van der Waals surface area (Å²) in [5.41, 5.74) is 1.08. The summed E-state index contributed by atoms with van der Waals surface area (Å²) in [6.07, 6.45) is 0.00220. The summed E-state index contributed by atoms with van der Waals surface area (Å²) >= 11 is 5.91. The number of fused-ring (bicyclic) bond motifs is 1. The molecule has 1 aliphatic rings. The van der Waals surface area contributed by atoms with Crippen molar-refractivity contribution < 1.29 is 19.5 Å². The van der Waals surface area contributed by atoms with Crippen molar-refractivity contribution >= 4 is 34.7 Å². The number of hydrogen-bond donors (Lipinski definition) is 1. The molecule has 25 heavy (non-hydrogen) atoms. The van der Waals surface area contributed by atoms with Gasteiger partial charge in [-0.1, -0.05) is 48.0 Å². The molecule has 5 heteroatoms. The highest BCUT2D eigenvalue weighted by Crippen LogP contribution is 2.38. The predicted molar refractivity (Wildman–Crippen MR) is 94.8 cm³/mol. The van der Waals surface area contributed by atoms with E-state index in [4.69, 9.17) is 11.6 Å². The minimum atomic E-state index is -0.780. The molecule has 1 N–H and O–H groups in total. The molecule has 0 aliphatic heterocycles. The highest BCUT2D eigenvalue weighted by atomic mass is 35.5. The maximum absolute atomic E-state index is 12.7. The Bertz CT molecular complexity index is 910. The zero-order chi connectivity index (χ0) is 18.1. The van der Waals surface area contributed by atoms with Gasteiger partial charge in [0.2, 0.25) is 11.6 Å². The normalized spacial score (nSPS) is 15.1. The molecule has 0 radical (unpaired) electrons. The number of hydrogen-bond acceptors (Lipinski definition) is 4. The number of halogens is 1.